The predicted molar refractivity (Wildman–Crippen MR) is 106 cm³/mol. The molecule has 0 spiro atoms. The molecule has 0 aliphatic heterocycles. The van der Waals surface area contributed by atoms with Gasteiger partial charge in [0.15, 0.2) is 0 Å². The van der Waals surface area contributed by atoms with Crippen LogP contribution < -0.4 is 10.1 Å². The van der Waals surface area contributed by atoms with Crippen LogP contribution in [0.1, 0.15) is 17.3 Å². The third-order valence-corrected chi connectivity index (χ3v) is 4.45. The predicted octanol–water partition coefficient (Wildman–Crippen LogP) is 4.55. The molecule has 2 N–H and O–H groups in total. The van der Waals surface area contributed by atoms with E-state index in [9.17, 15) is 5.11 Å². The second kappa shape index (κ2) is 7.33. The fraction of sp³-hybridized carbons (Fsp3) is 0.0909. The van der Waals surface area contributed by atoms with Crippen LogP contribution in [0.15, 0.2) is 79.1 Å². The molecule has 0 bridgehead atoms. The van der Waals surface area contributed by atoms with Gasteiger partial charge in [-0.25, -0.2) is 0 Å². The number of nitrogens with zero attached hydrogens (tertiary/aromatic N) is 2. The summed E-state index contributed by atoms with van der Waals surface area (Å²) in [5.41, 5.74) is 2.95. The highest BCUT2D eigenvalue weighted by Crippen LogP contribution is 2.36. The van der Waals surface area contributed by atoms with E-state index in [1.807, 2.05) is 66.7 Å². The van der Waals surface area contributed by atoms with E-state index in [4.69, 9.17) is 4.74 Å². The van der Waals surface area contributed by atoms with Crippen LogP contribution in [0, 0.1) is 0 Å². The van der Waals surface area contributed by atoms with Crippen LogP contribution in [0.3, 0.4) is 0 Å². The van der Waals surface area contributed by atoms with Gasteiger partial charge in [-0.05, 0) is 30.3 Å². The number of fused-ring (bicyclic) bond motifs is 1. The Morgan fingerprint density at radius 1 is 0.926 bits per heavy atom. The summed E-state index contributed by atoms with van der Waals surface area (Å²) in [5, 5.41) is 15.3. The van der Waals surface area contributed by atoms with Crippen LogP contribution in [-0.4, -0.2) is 22.2 Å². The van der Waals surface area contributed by atoms with Crippen molar-refractivity contribution in [2.75, 3.05) is 12.4 Å². The van der Waals surface area contributed by atoms with Gasteiger partial charge in [0.25, 0.3) is 0 Å². The molecule has 0 unspecified atom stereocenters. The number of methoxy groups -OCH3 is 1. The van der Waals surface area contributed by atoms with Crippen LogP contribution >= 0.6 is 0 Å². The monoisotopic (exact) mass is 357 g/mol. The van der Waals surface area contributed by atoms with Gasteiger partial charge in [0, 0.05) is 35.1 Å². The molecule has 0 amide bonds. The average Bonchev–Trinajstić information content (AvgIpc) is 2.74. The fourth-order valence-corrected chi connectivity index (χ4v) is 3.12. The van der Waals surface area contributed by atoms with Crippen molar-refractivity contribution >= 4 is 16.6 Å². The van der Waals surface area contributed by atoms with Crippen LogP contribution in [0.25, 0.3) is 10.9 Å². The molecule has 0 aliphatic carbocycles. The summed E-state index contributed by atoms with van der Waals surface area (Å²) in [4.78, 5) is 8.82. The molecule has 0 saturated carbocycles. The van der Waals surface area contributed by atoms with Gasteiger partial charge in [0.05, 0.1) is 18.8 Å². The Balaban J connectivity index is 1.82. The number of hydrogen-bond donors (Lipinski definition) is 2. The zero-order valence-corrected chi connectivity index (χ0v) is 14.8. The van der Waals surface area contributed by atoms with Crippen molar-refractivity contribution < 1.29 is 9.84 Å². The molecule has 0 radical (unpaired) electrons. The molecule has 0 saturated heterocycles. The lowest BCUT2D eigenvalue weighted by atomic mass is 9.99. The van der Waals surface area contributed by atoms with Crippen molar-refractivity contribution in [1.29, 1.82) is 0 Å². The summed E-state index contributed by atoms with van der Waals surface area (Å²) >= 11 is 0. The first-order chi connectivity index (χ1) is 13.3. The topological polar surface area (TPSA) is 67.3 Å². The van der Waals surface area contributed by atoms with E-state index in [0.717, 1.165) is 22.5 Å². The minimum Gasteiger partial charge on any atom is -0.505 e. The first-order valence-corrected chi connectivity index (χ1v) is 8.64. The molecule has 5 nitrogen and oxygen atoms in total. The van der Waals surface area contributed by atoms with Crippen molar-refractivity contribution in [2.24, 2.45) is 0 Å². The van der Waals surface area contributed by atoms with Gasteiger partial charge < -0.3 is 15.2 Å². The molecular weight excluding hydrogens is 338 g/mol. The molecule has 5 heteroatoms. The number of phenolic OH excluding ortho intramolecular Hbond substituents is 1. The summed E-state index contributed by atoms with van der Waals surface area (Å²) in [7, 11) is 1.64. The Morgan fingerprint density at radius 2 is 1.81 bits per heavy atom. The second-order valence-electron chi connectivity index (χ2n) is 6.14. The standard InChI is InChI=1S/C22H19N3O2/c1-27-17-8-4-7-16(14-17)25-21(19-9-2-3-12-23-19)18-11-10-15-6-5-13-24-20(15)22(18)26/h2-14,21,25-26H,1H3/t21-/m1/s1. The van der Waals surface area contributed by atoms with Crippen molar-refractivity contribution in [2.45, 2.75) is 6.04 Å². The highest BCUT2D eigenvalue weighted by molar-refractivity contribution is 5.86. The summed E-state index contributed by atoms with van der Waals surface area (Å²) in [6.07, 6.45) is 3.42. The van der Waals surface area contributed by atoms with Crippen LogP contribution in [-0.2, 0) is 0 Å². The molecule has 27 heavy (non-hydrogen) atoms. The molecule has 0 aliphatic rings. The van der Waals surface area contributed by atoms with Gasteiger partial charge in [-0.1, -0.05) is 30.3 Å². The average molecular weight is 357 g/mol. The van der Waals surface area contributed by atoms with E-state index in [1.165, 1.54) is 0 Å². The van der Waals surface area contributed by atoms with E-state index in [1.54, 1.807) is 19.5 Å². The Morgan fingerprint density at radius 3 is 2.63 bits per heavy atom. The van der Waals surface area contributed by atoms with Gasteiger partial charge >= 0.3 is 0 Å². The van der Waals surface area contributed by atoms with Crippen molar-refractivity contribution in [3.8, 4) is 11.5 Å². The summed E-state index contributed by atoms with van der Waals surface area (Å²) < 4.78 is 5.31. The van der Waals surface area contributed by atoms with E-state index >= 15 is 0 Å². The zero-order valence-electron chi connectivity index (χ0n) is 14.8. The molecule has 1 atom stereocenters. The number of anilines is 1. The Bertz CT molecular complexity index is 1070. The molecule has 2 heterocycles. The quantitative estimate of drug-likeness (QED) is 0.549. The first-order valence-electron chi connectivity index (χ1n) is 8.64. The third-order valence-electron chi connectivity index (χ3n) is 4.45. The third kappa shape index (κ3) is 3.40. The number of aromatic hydroxyl groups is 1. The smallest absolute Gasteiger partial charge is 0.147 e. The molecule has 4 rings (SSSR count). The number of aromatic nitrogens is 2. The number of phenols is 1. The normalized spacial score (nSPS) is 11.9. The van der Waals surface area contributed by atoms with E-state index in [0.29, 0.717) is 11.1 Å². The van der Waals surface area contributed by atoms with Gasteiger partial charge in [-0.15, -0.1) is 0 Å². The number of ether oxygens (including phenoxy) is 1. The molecule has 4 aromatic rings. The van der Waals surface area contributed by atoms with Gasteiger partial charge in [0.1, 0.15) is 17.0 Å². The Kier molecular flexibility index (Phi) is 4.58. The second-order valence-corrected chi connectivity index (χ2v) is 6.14. The maximum absolute atomic E-state index is 10.9. The highest BCUT2D eigenvalue weighted by atomic mass is 16.5. The van der Waals surface area contributed by atoms with Gasteiger partial charge in [-0.2, -0.15) is 0 Å². The van der Waals surface area contributed by atoms with Crippen molar-refractivity contribution in [3.63, 3.8) is 0 Å². The lowest BCUT2D eigenvalue weighted by Crippen LogP contribution is -2.14. The lowest BCUT2D eigenvalue weighted by molar-refractivity contribution is 0.415. The van der Waals surface area contributed by atoms with Crippen LogP contribution in [0.2, 0.25) is 0 Å². The lowest BCUT2D eigenvalue weighted by Gasteiger charge is -2.22. The number of rotatable bonds is 5. The van der Waals surface area contributed by atoms with Crippen LogP contribution in [0.4, 0.5) is 5.69 Å². The maximum atomic E-state index is 10.9. The highest BCUT2D eigenvalue weighted by Gasteiger charge is 2.21. The first kappa shape index (κ1) is 16.8. The van der Waals surface area contributed by atoms with E-state index in [2.05, 4.69) is 15.3 Å². The molecule has 2 aromatic carbocycles. The maximum Gasteiger partial charge on any atom is 0.147 e. The fourth-order valence-electron chi connectivity index (χ4n) is 3.12. The number of nitrogens with one attached hydrogen (secondary N) is 1. The number of benzene rings is 2. The molecule has 2 aromatic heterocycles. The molecular formula is C22H19N3O2. The summed E-state index contributed by atoms with van der Waals surface area (Å²) in [5.74, 6) is 0.906. The number of pyridine rings is 2. The molecule has 0 fully saturated rings. The SMILES string of the molecule is COc1cccc(N[C@@H](c2ccccn2)c2ccc3cccnc3c2O)c1. The van der Waals surface area contributed by atoms with Crippen molar-refractivity contribution in [3.05, 3.63) is 90.4 Å². The van der Waals surface area contributed by atoms with E-state index in [-0.39, 0.29) is 11.8 Å². The van der Waals surface area contributed by atoms with Gasteiger partial charge in [0.2, 0.25) is 0 Å². The Hall–Kier alpha value is -3.60. The van der Waals surface area contributed by atoms with Crippen LogP contribution in [0.5, 0.6) is 11.5 Å². The minimum absolute atomic E-state index is 0.152. The number of hydrogen-bond acceptors (Lipinski definition) is 5. The Labute approximate surface area is 157 Å². The van der Waals surface area contributed by atoms with E-state index < -0.39 is 0 Å². The zero-order chi connectivity index (χ0) is 18.6. The summed E-state index contributed by atoms with van der Waals surface area (Å²) in [6, 6.07) is 20.7. The van der Waals surface area contributed by atoms with Crippen molar-refractivity contribution in [1.82, 2.24) is 9.97 Å². The molecule has 134 valence electrons. The van der Waals surface area contributed by atoms with Gasteiger partial charge in [-0.3, -0.25) is 9.97 Å². The minimum atomic E-state index is -0.343. The largest absolute Gasteiger partial charge is 0.505 e. The summed E-state index contributed by atoms with van der Waals surface area (Å²) in [6.45, 7) is 0.